The molecule has 0 bridgehead atoms. The zero-order chi connectivity index (χ0) is 16.9. The number of nitrogens with zero attached hydrogens (tertiary/aromatic N) is 1. The number of benzene rings is 1. The van der Waals surface area contributed by atoms with Gasteiger partial charge in [0.05, 0.1) is 0 Å². The molecule has 0 aliphatic carbocycles. The molecule has 7 heteroatoms. The molecular formula is C17H20N4O2S. The van der Waals surface area contributed by atoms with E-state index in [0.717, 1.165) is 25.9 Å². The number of anilines is 2. The van der Waals surface area contributed by atoms with Gasteiger partial charge in [0.2, 0.25) is 5.91 Å². The van der Waals surface area contributed by atoms with Crippen LogP contribution < -0.4 is 16.0 Å². The van der Waals surface area contributed by atoms with Gasteiger partial charge in [-0.2, -0.15) is 0 Å². The summed E-state index contributed by atoms with van der Waals surface area (Å²) in [6.07, 6.45) is 4.08. The SMILES string of the molecule is CC(=O)Nc1cccc(C(=O)Nc2ncc(C3CCNCC3)s2)c1. The molecule has 0 saturated carbocycles. The van der Waals surface area contributed by atoms with E-state index in [4.69, 9.17) is 0 Å². The highest BCUT2D eigenvalue weighted by Crippen LogP contribution is 2.31. The Morgan fingerprint density at radius 1 is 1.25 bits per heavy atom. The Labute approximate surface area is 144 Å². The molecule has 2 aromatic rings. The fourth-order valence-corrected chi connectivity index (χ4v) is 3.73. The van der Waals surface area contributed by atoms with E-state index in [2.05, 4.69) is 20.9 Å². The van der Waals surface area contributed by atoms with Gasteiger partial charge in [-0.15, -0.1) is 11.3 Å². The van der Waals surface area contributed by atoms with Gasteiger partial charge in [-0.25, -0.2) is 4.98 Å². The van der Waals surface area contributed by atoms with Gasteiger partial charge in [0.1, 0.15) is 0 Å². The van der Waals surface area contributed by atoms with Gasteiger partial charge in [-0.3, -0.25) is 14.9 Å². The van der Waals surface area contributed by atoms with Crippen molar-refractivity contribution >= 4 is 34.0 Å². The van der Waals surface area contributed by atoms with Crippen molar-refractivity contribution in [2.45, 2.75) is 25.7 Å². The maximum atomic E-state index is 12.4. The van der Waals surface area contributed by atoms with Crippen LogP contribution in [0.5, 0.6) is 0 Å². The number of amides is 2. The van der Waals surface area contributed by atoms with E-state index in [1.807, 2.05) is 6.20 Å². The molecule has 1 fully saturated rings. The summed E-state index contributed by atoms with van der Waals surface area (Å²) in [6.45, 7) is 3.49. The summed E-state index contributed by atoms with van der Waals surface area (Å²) in [7, 11) is 0. The number of carbonyl (C=O) groups excluding carboxylic acids is 2. The molecule has 2 heterocycles. The molecule has 3 rings (SSSR count). The average molecular weight is 344 g/mol. The van der Waals surface area contributed by atoms with Gasteiger partial charge >= 0.3 is 0 Å². The third-order valence-electron chi connectivity index (χ3n) is 3.93. The standard InChI is InChI=1S/C17H20N4O2S/c1-11(22)20-14-4-2-3-13(9-14)16(23)21-17-19-10-15(24-17)12-5-7-18-8-6-12/h2-4,9-10,12,18H,5-8H2,1H3,(H,20,22)(H,19,21,23). The first-order valence-corrected chi connectivity index (χ1v) is 8.79. The molecule has 1 saturated heterocycles. The van der Waals surface area contributed by atoms with Gasteiger partial charge in [0.15, 0.2) is 5.13 Å². The average Bonchev–Trinajstić information content (AvgIpc) is 3.04. The third kappa shape index (κ3) is 4.18. The van der Waals surface area contributed by atoms with Crippen molar-refractivity contribution in [2.24, 2.45) is 0 Å². The molecule has 1 aliphatic heterocycles. The van der Waals surface area contributed by atoms with E-state index in [9.17, 15) is 9.59 Å². The van der Waals surface area contributed by atoms with Crippen LogP contribution in [0.4, 0.5) is 10.8 Å². The highest BCUT2D eigenvalue weighted by atomic mass is 32.1. The zero-order valence-corrected chi connectivity index (χ0v) is 14.3. The normalized spacial score (nSPS) is 15.0. The van der Waals surface area contributed by atoms with Gasteiger partial charge in [0, 0.05) is 29.2 Å². The van der Waals surface area contributed by atoms with Crippen LogP contribution in [0.3, 0.4) is 0 Å². The number of carbonyl (C=O) groups is 2. The minimum Gasteiger partial charge on any atom is -0.326 e. The van der Waals surface area contributed by atoms with Crippen LogP contribution in [-0.2, 0) is 4.79 Å². The molecule has 126 valence electrons. The minimum absolute atomic E-state index is 0.168. The quantitative estimate of drug-likeness (QED) is 0.796. The summed E-state index contributed by atoms with van der Waals surface area (Å²) in [5, 5.41) is 9.47. The van der Waals surface area contributed by atoms with Crippen LogP contribution in [0.15, 0.2) is 30.5 Å². The predicted octanol–water partition coefficient (Wildman–Crippen LogP) is 2.82. The highest BCUT2D eigenvalue weighted by molar-refractivity contribution is 7.15. The summed E-state index contributed by atoms with van der Waals surface area (Å²) < 4.78 is 0. The van der Waals surface area contributed by atoms with Crippen LogP contribution in [0, 0.1) is 0 Å². The molecule has 0 spiro atoms. The van der Waals surface area contributed by atoms with Crippen molar-refractivity contribution in [2.75, 3.05) is 23.7 Å². The maximum Gasteiger partial charge on any atom is 0.257 e. The summed E-state index contributed by atoms with van der Waals surface area (Å²) in [6, 6.07) is 6.85. The molecule has 0 radical (unpaired) electrons. The molecule has 2 amide bonds. The zero-order valence-electron chi connectivity index (χ0n) is 13.5. The lowest BCUT2D eigenvalue weighted by atomic mass is 9.97. The fourth-order valence-electron chi connectivity index (χ4n) is 2.75. The number of rotatable bonds is 4. The first kappa shape index (κ1) is 16.6. The van der Waals surface area contributed by atoms with E-state index in [0.29, 0.717) is 22.3 Å². The van der Waals surface area contributed by atoms with Gasteiger partial charge in [0.25, 0.3) is 5.91 Å². The lowest BCUT2D eigenvalue weighted by Gasteiger charge is -2.20. The topological polar surface area (TPSA) is 83.1 Å². The Morgan fingerprint density at radius 2 is 2.04 bits per heavy atom. The van der Waals surface area contributed by atoms with Crippen molar-refractivity contribution in [1.82, 2.24) is 10.3 Å². The summed E-state index contributed by atoms with van der Waals surface area (Å²) in [5.74, 6) is 0.130. The smallest absolute Gasteiger partial charge is 0.257 e. The van der Waals surface area contributed by atoms with E-state index in [1.165, 1.54) is 23.1 Å². The molecule has 24 heavy (non-hydrogen) atoms. The number of hydrogen-bond donors (Lipinski definition) is 3. The van der Waals surface area contributed by atoms with E-state index in [-0.39, 0.29) is 11.8 Å². The molecule has 6 nitrogen and oxygen atoms in total. The third-order valence-corrected chi connectivity index (χ3v) is 5.01. The molecule has 0 atom stereocenters. The largest absolute Gasteiger partial charge is 0.326 e. The van der Waals surface area contributed by atoms with Crippen molar-refractivity contribution in [3.05, 3.63) is 40.9 Å². The molecular weight excluding hydrogens is 324 g/mol. The molecule has 0 unspecified atom stereocenters. The predicted molar refractivity (Wildman–Crippen MR) is 95.7 cm³/mol. The minimum atomic E-state index is -0.228. The number of hydrogen-bond acceptors (Lipinski definition) is 5. The summed E-state index contributed by atoms with van der Waals surface area (Å²) in [5.41, 5.74) is 1.09. The lowest BCUT2D eigenvalue weighted by molar-refractivity contribution is -0.114. The van der Waals surface area contributed by atoms with Crippen molar-refractivity contribution in [3.63, 3.8) is 0 Å². The second kappa shape index (κ2) is 7.55. The number of nitrogens with one attached hydrogen (secondary N) is 3. The fraction of sp³-hybridized carbons (Fsp3) is 0.353. The van der Waals surface area contributed by atoms with E-state index >= 15 is 0 Å². The van der Waals surface area contributed by atoms with Crippen LogP contribution in [0.25, 0.3) is 0 Å². The Morgan fingerprint density at radius 3 is 2.79 bits per heavy atom. The highest BCUT2D eigenvalue weighted by Gasteiger charge is 2.18. The Kier molecular flexibility index (Phi) is 5.22. The van der Waals surface area contributed by atoms with Gasteiger partial charge < -0.3 is 10.6 Å². The Balaban J connectivity index is 1.66. The van der Waals surface area contributed by atoms with Crippen LogP contribution in [-0.4, -0.2) is 29.9 Å². The lowest BCUT2D eigenvalue weighted by Crippen LogP contribution is -2.26. The first-order chi connectivity index (χ1) is 11.6. The second-order valence-electron chi connectivity index (χ2n) is 5.81. The number of piperidine rings is 1. The molecule has 1 aromatic heterocycles. The van der Waals surface area contributed by atoms with Crippen LogP contribution in [0.1, 0.15) is 40.9 Å². The summed E-state index contributed by atoms with van der Waals surface area (Å²) >= 11 is 1.54. The van der Waals surface area contributed by atoms with E-state index in [1.54, 1.807) is 24.3 Å². The van der Waals surface area contributed by atoms with Gasteiger partial charge in [-0.1, -0.05) is 6.07 Å². The van der Waals surface area contributed by atoms with Crippen molar-refractivity contribution < 1.29 is 9.59 Å². The van der Waals surface area contributed by atoms with Crippen LogP contribution >= 0.6 is 11.3 Å². The molecule has 3 N–H and O–H groups in total. The Bertz CT molecular complexity index is 738. The van der Waals surface area contributed by atoms with E-state index < -0.39 is 0 Å². The molecule has 1 aliphatic rings. The van der Waals surface area contributed by atoms with Crippen LogP contribution in [0.2, 0.25) is 0 Å². The second-order valence-corrected chi connectivity index (χ2v) is 6.87. The molecule has 1 aromatic carbocycles. The monoisotopic (exact) mass is 344 g/mol. The van der Waals surface area contributed by atoms with Crippen molar-refractivity contribution in [1.29, 1.82) is 0 Å². The number of aromatic nitrogens is 1. The Hall–Kier alpha value is -2.25. The maximum absolute atomic E-state index is 12.4. The summed E-state index contributed by atoms with van der Waals surface area (Å²) in [4.78, 5) is 29.0. The number of thiazole rings is 1. The van der Waals surface area contributed by atoms with Crippen molar-refractivity contribution in [3.8, 4) is 0 Å². The van der Waals surface area contributed by atoms with Gasteiger partial charge in [-0.05, 0) is 50.0 Å². The first-order valence-electron chi connectivity index (χ1n) is 7.97.